The molecule has 2 fully saturated rings. The molecule has 2 saturated heterocycles. The fourth-order valence-electron chi connectivity index (χ4n) is 3.21. The second kappa shape index (κ2) is 7.90. The topological polar surface area (TPSA) is 64.8 Å². The Kier molecular flexibility index (Phi) is 5.64. The van der Waals surface area contributed by atoms with Crippen LogP contribution in [0.25, 0.3) is 0 Å². The van der Waals surface area contributed by atoms with Crippen molar-refractivity contribution >= 4 is 5.91 Å². The lowest BCUT2D eigenvalue weighted by molar-refractivity contribution is -0.132. The van der Waals surface area contributed by atoms with Gasteiger partial charge < -0.3 is 19.6 Å². The summed E-state index contributed by atoms with van der Waals surface area (Å²) in [6.07, 6.45) is 0.640. The van der Waals surface area contributed by atoms with E-state index in [1.54, 1.807) is 0 Å². The number of nitrogens with zero attached hydrogens (tertiary/aromatic N) is 4. The number of amides is 1. The molecule has 1 aromatic rings. The van der Waals surface area contributed by atoms with Gasteiger partial charge in [0.15, 0.2) is 5.76 Å². The highest BCUT2D eigenvalue weighted by Gasteiger charge is 2.21. The summed E-state index contributed by atoms with van der Waals surface area (Å²) < 4.78 is 5.28. The van der Waals surface area contributed by atoms with Crippen LogP contribution in [0.1, 0.15) is 17.9 Å². The summed E-state index contributed by atoms with van der Waals surface area (Å²) >= 11 is 0. The van der Waals surface area contributed by atoms with Gasteiger partial charge in [0.05, 0.1) is 12.2 Å². The van der Waals surface area contributed by atoms with Crippen molar-refractivity contribution in [3.63, 3.8) is 0 Å². The number of carbonyl (C=O) groups excluding carboxylic acids is 1. The molecule has 23 heavy (non-hydrogen) atoms. The molecule has 7 nitrogen and oxygen atoms in total. The minimum Gasteiger partial charge on any atom is -0.360 e. The Labute approximate surface area is 137 Å². The molecular weight excluding hydrogens is 294 g/mol. The summed E-state index contributed by atoms with van der Waals surface area (Å²) in [7, 11) is 0. The first kappa shape index (κ1) is 16.4. The standard InChI is InChI=1S/C16H27N5O2/c1-14-12-15(23-18-14)13-20-10-8-19(9-11-20)5-2-16(22)21-6-3-17-4-7-21/h12,17H,2-11,13H2,1H3. The van der Waals surface area contributed by atoms with Crippen LogP contribution in [0.4, 0.5) is 0 Å². The van der Waals surface area contributed by atoms with Gasteiger partial charge in [-0.1, -0.05) is 5.16 Å². The number of aryl methyl sites for hydroxylation is 1. The molecule has 2 aliphatic heterocycles. The van der Waals surface area contributed by atoms with E-state index in [0.29, 0.717) is 12.3 Å². The van der Waals surface area contributed by atoms with Gasteiger partial charge in [-0.15, -0.1) is 0 Å². The second-order valence-electron chi connectivity index (χ2n) is 6.43. The molecule has 2 aliphatic rings. The van der Waals surface area contributed by atoms with Crippen LogP contribution in [0.2, 0.25) is 0 Å². The highest BCUT2D eigenvalue weighted by Crippen LogP contribution is 2.10. The number of piperazine rings is 2. The zero-order chi connectivity index (χ0) is 16.1. The van der Waals surface area contributed by atoms with Crippen molar-refractivity contribution in [2.24, 2.45) is 0 Å². The van der Waals surface area contributed by atoms with Crippen molar-refractivity contribution in [1.82, 2.24) is 25.2 Å². The van der Waals surface area contributed by atoms with E-state index in [2.05, 4.69) is 20.3 Å². The van der Waals surface area contributed by atoms with Gasteiger partial charge in [-0.25, -0.2) is 0 Å². The van der Waals surface area contributed by atoms with E-state index in [0.717, 1.165) is 76.9 Å². The van der Waals surface area contributed by atoms with E-state index >= 15 is 0 Å². The van der Waals surface area contributed by atoms with Crippen molar-refractivity contribution in [3.05, 3.63) is 17.5 Å². The summed E-state index contributed by atoms with van der Waals surface area (Å²) in [5, 5.41) is 7.21. The van der Waals surface area contributed by atoms with E-state index in [1.807, 2.05) is 17.9 Å². The monoisotopic (exact) mass is 321 g/mol. The van der Waals surface area contributed by atoms with Crippen LogP contribution >= 0.6 is 0 Å². The Morgan fingerprint density at radius 3 is 2.52 bits per heavy atom. The van der Waals surface area contributed by atoms with Crippen LogP contribution in [-0.2, 0) is 11.3 Å². The maximum atomic E-state index is 12.2. The lowest BCUT2D eigenvalue weighted by Gasteiger charge is -2.34. The lowest BCUT2D eigenvalue weighted by atomic mass is 10.2. The smallest absolute Gasteiger partial charge is 0.223 e. The number of nitrogens with one attached hydrogen (secondary N) is 1. The van der Waals surface area contributed by atoms with Crippen molar-refractivity contribution in [1.29, 1.82) is 0 Å². The highest BCUT2D eigenvalue weighted by molar-refractivity contribution is 5.76. The van der Waals surface area contributed by atoms with Crippen molar-refractivity contribution in [3.8, 4) is 0 Å². The first-order valence-corrected chi connectivity index (χ1v) is 8.56. The molecule has 0 unspecified atom stereocenters. The molecule has 3 heterocycles. The Hall–Kier alpha value is -1.44. The van der Waals surface area contributed by atoms with Crippen LogP contribution in [0, 0.1) is 6.92 Å². The van der Waals surface area contributed by atoms with E-state index in [-0.39, 0.29) is 0 Å². The van der Waals surface area contributed by atoms with Crippen LogP contribution in [0.5, 0.6) is 0 Å². The van der Waals surface area contributed by atoms with E-state index < -0.39 is 0 Å². The molecular formula is C16H27N5O2. The minimum absolute atomic E-state index is 0.297. The second-order valence-corrected chi connectivity index (χ2v) is 6.43. The van der Waals surface area contributed by atoms with Crippen LogP contribution in [0.3, 0.4) is 0 Å². The molecule has 0 saturated carbocycles. The Balaban J connectivity index is 1.35. The van der Waals surface area contributed by atoms with Gasteiger partial charge >= 0.3 is 0 Å². The van der Waals surface area contributed by atoms with Gasteiger partial charge in [0.25, 0.3) is 0 Å². The number of rotatable bonds is 5. The molecule has 0 radical (unpaired) electrons. The quantitative estimate of drug-likeness (QED) is 0.819. The number of hydrogen-bond acceptors (Lipinski definition) is 6. The summed E-state index contributed by atoms with van der Waals surface area (Å²) in [6.45, 7) is 11.3. The van der Waals surface area contributed by atoms with Gasteiger partial charge in [0.1, 0.15) is 0 Å². The first-order chi connectivity index (χ1) is 11.2. The number of aromatic nitrogens is 1. The molecule has 128 valence electrons. The summed E-state index contributed by atoms with van der Waals surface area (Å²) in [4.78, 5) is 19.0. The van der Waals surface area contributed by atoms with E-state index in [1.165, 1.54) is 0 Å². The number of carbonyl (C=O) groups is 1. The largest absolute Gasteiger partial charge is 0.360 e. The molecule has 0 aliphatic carbocycles. The SMILES string of the molecule is Cc1cc(CN2CCN(CCC(=O)N3CCNCC3)CC2)on1. The zero-order valence-corrected chi connectivity index (χ0v) is 14.0. The molecule has 0 atom stereocenters. The summed E-state index contributed by atoms with van der Waals surface area (Å²) in [5.74, 6) is 1.23. The first-order valence-electron chi connectivity index (χ1n) is 8.56. The summed E-state index contributed by atoms with van der Waals surface area (Å²) in [6, 6.07) is 2.00. The Morgan fingerprint density at radius 2 is 1.87 bits per heavy atom. The normalized spacial score (nSPS) is 20.8. The zero-order valence-electron chi connectivity index (χ0n) is 14.0. The highest BCUT2D eigenvalue weighted by atomic mass is 16.5. The van der Waals surface area contributed by atoms with Crippen LogP contribution in [-0.4, -0.2) is 84.7 Å². The van der Waals surface area contributed by atoms with E-state index in [9.17, 15) is 4.79 Å². The molecule has 1 N–H and O–H groups in total. The van der Waals surface area contributed by atoms with Gasteiger partial charge in [-0.05, 0) is 6.92 Å². The fraction of sp³-hybridized carbons (Fsp3) is 0.750. The average molecular weight is 321 g/mol. The van der Waals surface area contributed by atoms with Crippen molar-refractivity contribution in [2.75, 3.05) is 58.9 Å². The lowest BCUT2D eigenvalue weighted by Crippen LogP contribution is -2.49. The Bertz CT molecular complexity index is 504. The summed E-state index contributed by atoms with van der Waals surface area (Å²) in [5.41, 5.74) is 0.935. The minimum atomic E-state index is 0.297. The molecule has 1 amide bonds. The third-order valence-corrected chi connectivity index (χ3v) is 4.63. The van der Waals surface area contributed by atoms with Crippen LogP contribution < -0.4 is 5.32 Å². The van der Waals surface area contributed by atoms with Crippen molar-refractivity contribution in [2.45, 2.75) is 19.9 Å². The van der Waals surface area contributed by atoms with Gasteiger partial charge in [-0.2, -0.15) is 0 Å². The maximum Gasteiger partial charge on any atom is 0.223 e. The van der Waals surface area contributed by atoms with Gasteiger partial charge in [0.2, 0.25) is 5.91 Å². The predicted octanol–water partition coefficient (Wildman–Crippen LogP) is -0.0775. The average Bonchev–Trinajstić information content (AvgIpc) is 2.99. The molecule has 0 aromatic carbocycles. The molecule has 1 aromatic heterocycles. The molecule has 3 rings (SSSR count). The molecule has 0 bridgehead atoms. The molecule has 7 heteroatoms. The number of hydrogen-bond donors (Lipinski definition) is 1. The molecule has 0 spiro atoms. The predicted molar refractivity (Wildman–Crippen MR) is 87.0 cm³/mol. The third kappa shape index (κ3) is 4.76. The fourth-order valence-corrected chi connectivity index (χ4v) is 3.21. The van der Waals surface area contributed by atoms with Gasteiger partial charge in [-0.3, -0.25) is 9.69 Å². The third-order valence-electron chi connectivity index (χ3n) is 4.63. The van der Waals surface area contributed by atoms with Crippen LogP contribution in [0.15, 0.2) is 10.6 Å². The van der Waals surface area contributed by atoms with E-state index in [4.69, 9.17) is 4.52 Å². The Morgan fingerprint density at radius 1 is 1.17 bits per heavy atom. The van der Waals surface area contributed by atoms with Crippen molar-refractivity contribution < 1.29 is 9.32 Å². The van der Waals surface area contributed by atoms with Gasteiger partial charge in [0, 0.05) is 71.4 Å². The maximum absolute atomic E-state index is 12.2.